The summed E-state index contributed by atoms with van der Waals surface area (Å²) in [6.07, 6.45) is 2.33. The summed E-state index contributed by atoms with van der Waals surface area (Å²) in [7, 11) is 0. The van der Waals surface area contributed by atoms with Crippen molar-refractivity contribution in [2.75, 3.05) is 28.6 Å². The third kappa shape index (κ3) is 5.38. The summed E-state index contributed by atoms with van der Waals surface area (Å²) in [5.74, 6) is -1.15. The van der Waals surface area contributed by atoms with E-state index in [9.17, 15) is 18.8 Å². The van der Waals surface area contributed by atoms with Gasteiger partial charge in [0.25, 0.3) is 0 Å². The number of tetrazole rings is 1. The summed E-state index contributed by atoms with van der Waals surface area (Å²) in [5.41, 5.74) is 0.913. The van der Waals surface area contributed by atoms with Gasteiger partial charge in [-0.1, -0.05) is 11.6 Å². The van der Waals surface area contributed by atoms with E-state index >= 15 is 0 Å². The predicted octanol–water partition coefficient (Wildman–Crippen LogP) is 3.54. The number of hydrogen-bond acceptors (Lipinski definition) is 6. The SMILES string of the molecule is O=C(Nc1ccc(N2CCCCC2=O)cc1F)C1CC(c2nnn[nH]2)CN1C(=O)Nc1ccc(Cl)cc1. The van der Waals surface area contributed by atoms with Gasteiger partial charge in [0.05, 0.1) is 5.69 Å². The molecule has 2 aliphatic heterocycles. The van der Waals surface area contributed by atoms with E-state index in [0.717, 1.165) is 12.8 Å². The first-order valence-electron chi connectivity index (χ1n) is 11.9. The van der Waals surface area contributed by atoms with Crippen LogP contribution in [0.4, 0.5) is 26.2 Å². The molecule has 13 heteroatoms. The Kier molecular flexibility index (Phi) is 6.99. The molecule has 4 amide bonds. The van der Waals surface area contributed by atoms with Crippen molar-refractivity contribution in [3.8, 4) is 0 Å². The Labute approximate surface area is 216 Å². The number of amides is 4. The molecular weight excluding hydrogens is 503 g/mol. The van der Waals surface area contributed by atoms with Crippen LogP contribution in [-0.2, 0) is 9.59 Å². The number of benzene rings is 2. The van der Waals surface area contributed by atoms with Gasteiger partial charge in [-0.05, 0) is 72.2 Å². The van der Waals surface area contributed by atoms with Crippen molar-refractivity contribution in [1.29, 1.82) is 0 Å². The fraction of sp³-hybridized carbons (Fsp3) is 0.333. The zero-order chi connectivity index (χ0) is 25.9. The topological polar surface area (TPSA) is 136 Å². The molecule has 2 aliphatic rings. The number of hydrogen-bond donors (Lipinski definition) is 3. The van der Waals surface area contributed by atoms with Gasteiger partial charge in [0.15, 0.2) is 5.82 Å². The first-order valence-corrected chi connectivity index (χ1v) is 12.2. The third-order valence-electron chi connectivity index (χ3n) is 6.55. The minimum absolute atomic E-state index is 0.0407. The van der Waals surface area contributed by atoms with Crippen LogP contribution < -0.4 is 15.5 Å². The lowest BCUT2D eigenvalue weighted by Crippen LogP contribution is -2.45. The Bertz CT molecular complexity index is 1300. The molecule has 5 rings (SSSR count). The molecular formula is C24H24ClFN8O3. The molecule has 2 unspecified atom stereocenters. The van der Waals surface area contributed by atoms with Crippen LogP contribution in [-0.4, -0.2) is 62.5 Å². The zero-order valence-electron chi connectivity index (χ0n) is 19.7. The minimum Gasteiger partial charge on any atom is -0.322 e. The minimum atomic E-state index is -0.912. The van der Waals surface area contributed by atoms with Gasteiger partial charge in [-0.2, -0.15) is 0 Å². The van der Waals surface area contributed by atoms with Crippen LogP contribution in [0.5, 0.6) is 0 Å². The molecule has 0 aliphatic carbocycles. The number of aromatic nitrogens is 4. The van der Waals surface area contributed by atoms with Crippen molar-refractivity contribution in [3.05, 3.63) is 59.1 Å². The molecule has 0 spiro atoms. The Balaban J connectivity index is 1.33. The highest BCUT2D eigenvalue weighted by molar-refractivity contribution is 6.30. The number of aromatic amines is 1. The molecule has 0 bridgehead atoms. The molecule has 0 saturated carbocycles. The van der Waals surface area contributed by atoms with Crippen molar-refractivity contribution < 1.29 is 18.8 Å². The molecule has 0 radical (unpaired) electrons. The van der Waals surface area contributed by atoms with Crippen molar-refractivity contribution >= 4 is 46.5 Å². The van der Waals surface area contributed by atoms with Gasteiger partial charge in [0, 0.05) is 41.8 Å². The highest BCUT2D eigenvalue weighted by Gasteiger charge is 2.42. The number of anilines is 3. The molecule has 2 saturated heterocycles. The second kappa shape index (κ2) is 10.5. The summed E-state index contributed by atoms with van der Waals surface area (Å²) < 4.78 is 15.0. The molecule has 3 heterocycles. The first kappa shape index (κ1) is 24.6. The van der Waals surface area contributed by atoms with E-state index in [1.807, 2.05) is 0 Å². The first-order chi connectivity index (χ1) is 17.9. The van der Waals surface area contributed by atoms with Crippen LogP contribution in [0.15, 0.2) is 42.5 Å². The van der Waals surface area contributed by atoms with Gasteiger partial charge in [-0.15, -0.1) is 5.10 Å². The maximum atomic E-state index is 15.0. The molecule has 2 atom stereocenters. The van der Waals surface area contributed by atoms with Crippen molar-refractivity contribution in [2.45, 2.75) is 37.6 Å². The molecule has 192 valence electrons. The smallest absolute Gasteiger partial charge is 0.322 e. The fourth-order valence-corrected chi connectivity index (χ4v) is 4.77. The number of carbonyl (C=O) groups excluding carboxylic acids is 3. The van der Waals surface area contributed by atoms with Gasteiger partial charge >= 0.3 is 6.03 Å². The maximum absolute atomic E-state index is 15.0. The van der Waals surface area contributed by atoms with Gasteiger partial charge in [0.2, 0.25) is 11.8 Å². The maximum Gasteiger partial charge on any atom is 0.322 e. The van der Waals surface area contributed by atoms with E-state index in [1.165, 1.54) is 17.0 Å². The number of nitrogens with zero attached hydrogens (tertiary/aromatic N) is 5. The van der Waals surface area contributed by atoms with E-state index in [-0.39, 0.29) is 30.5 Å². The fourth-order valence-electron chi connectivity index (χ4n) is 4.64. The highest BCUT2D eigenvalue weighted by atomic mass is 35.5. The molecule has 2 fully saturated rings. The molecule has 3 aromatic rings. The molecule has 2 aromatic carbocycles. The van der Waals surface area contributed by atoms with Crippen LogP contribution in [0.25, 0.3) is 0 Å². The lowest BCUT2D eigenvalue weighted by atomic mass is 10.0. The number of rotatable bonds is 5. The third-order valence-corrected chi connectivity index (χ3v) is 6.81. The average molecular weight is 527 g/mol. The number of carbonyl (C=O) groups is 3. The molecule has 37 heavy (non-hydrogen) atoms. The normalized spacial score (nSPS) is 19.7. The summed E-state index contributed by atoms with van der Waals surface area (Å²) in [6.45, 7) is 0.703. The number of likely N-dealkylation sites (tertiary alicyclic amines) is 1. The predicted molar refractivity (Wildman–Crippen MR) is 134 cm³/mol. The Morgan fingerprint density at radius 1 is 1.11 bits per heavy atom. The Morgan fingerprint density at radius 3 is 2.62 bits per heavy atom. The number of halogens is 2. The standard InChI is InChI=1S/C24H24ClFN8O3/c25-15-4-6-16(7-5-15)27-24(37)34-13-14(22-29-31-32-30-22)11-20(34)23(36)28-19-9-8-17(12-18(19)26)33-10-2-1-3-21(33)35/h4-9,12,14,20H,1-3,10-11,13H2,(H,27,37)(H,28,36)(H,29,30,31,32). The quantitative estimate of drug-likeness (QED) is 0.465. The monoisotopic (exact) mass is 526 g/mol. The van der Waals surface area contributed by atoms with E-state index in [0.29, 0.717) is 35.2 Å². The van der Waals surface area contributed by atoms with Crippen LogP contribution >= 0.6 is 11.6 Å². The van der Waals surface area contributed by atoms with Crippen LogP contribution in [0.3, 0.4) is 0 Å². The molecule has 1 aromatic heterocycles. The Morgan fingerprint density at radius 2 is 1.92 bits per heavy atom. The van der Waals surface area contributed by atoms with Crippen molar-refractivity contribution in [3.63, 3.8) is 0 Å². The summed E-state index contributed by atoms with van der Waals surface area (Å²) in [6, 6.07) is 9.42. The van der Waals surface area contributed by atoms with Crippen molar-refractivity contribution in [2.24, 2.45) is 0 Å². The van der Waals surface area contributed by atoms with E-state index < -0.39 is 23.8 Å². The van der Waals surface area contributed by atoms with Gasteiger partial charge in [0.1, 0.15) is 11.9 Å². The van der Waals surface area contributed by atoms with Crippen LogP contribution in [0.1, 0.15) is 37.4 Å². The number of H-pyrrole nitrogens is 1. The molecule has 3 N–H and O–H groups in total. The van der Waals surface area contributed by atoms with Gasteiger partial charge < -0.3 is 20.4 Å². The number of nitrogens with one attached hydrogen (secondary N) is 3. The molecule has 11 nitrogen and oxygen atoms in total. The highest BCUT2D eigenvalue weighted by Crippen LogP contribution is 2.32. The van der Waals surface area contributed by atoms with E-state index in [2.05, 4.69) is 31.3 Å². The van der Waals surface area contributed by atoms with Crippen molar-refractivity contribution in [1.82, 2.24) is 25.5 Å². The van der Waals surface area contributed by atoms with Gasteiger partial charge in [-0.3, -0.25) is 9.59 Å². The largest absolute Gasteiger partial charge is 0.322 e. The van der Waals surface area contributed by atoms with E-state index in [4.69, 9.17) is 11.6 Å². The van der Waals surface area contributed by atoms with Crippen LogP contribution in [0.2, 0.25) is 5.02 Å². The zero-order valence-corrected chi connectivity index (χ0v) is 20.4. The number of urea groups is 1. The summed E-state index contributed by atoms with van der Waals surface area (Å²) >= 11 is 5.92. The second-order valence-corrected chi connectivity index (χ2v) is 9.42. The lowest BCUT2D eigenvalue weighted by molar-refractivity contribution is -0.120. The number of piperidine rings is 1. The summed E-state index contributed by atoms with van der Waals surface area (Å²) in [4.78, 5) is 41.5. The lowest BCUT2D eigenvalue weighted by Gasteiger charge is -2.27. The Hall–Kier alpha value is -4.06. The van der Waals surface area contributed by atoms with Gasteiger partial charge in [-0.25, -0.2) is 14.3 Å². The van der Waals surface area contributed by atoms with Crippen LogP contribution in [0, 0.1) is 5.82 Å². The second-order valence-electron chi connectivity index (χ2n) is 8.98. The summed E-state index contributed by atoms with van der Waals surface area (Å²) in [5, 5.41) is 19.7. The van der Waals surface area contributed by atoms with E-state index in [1.54, 1.807) is 35.2 Å². The average Bonchev–Trinajstić information content (AvgIpc) is 3.57.